The fourth-order valence-electron chi connectivity index (χ4n) is 2.51. The van der Waals surface area contributed by atoms with Crippen LogP contribution in [-0.2, 0) is 18.4 Å². The number of carbonyl (C=O) groups is 1. The molecule has 0 radical (unpaired) electrons. The van der Waals surface area contributed by atoms with Crippen LogP contribution in [-0.4, -0.2) is 25.9 Å². The van der Waals surface area contributed by atoms with E-state index in [4.69, 9.17) is 20.9 Å². The third-order valence-electron chi connectivity index (χ3n) is 3.99. The number of carbonyl (C=O) groups excluding carboxylic acids is 1. The molecule has 2 heterocycles. The van der Waals surface area contributed by atoms with Crippen LogP contribution in [0.3, 0.4) is 0 Å². The number of hydrogen-bond donors (Lipinski definition) is 0. The second kappa shape index (κ2) is 7.29. The summed E-state index contributed by atoms with van der Waals surface area (Å²) in [5.41, 5.74) is 2.80. The molecule has 0 fully saturated rings. The Kier molecular flexibility index (Phi) is 5.08. The molecular weight excluding hydrogens is 356 g/mol. The Hall–Kier alpha value is -2.67. The molecule has 0 aliphatic rings. The minimum absolute atomic E-state index is 0.138. The molecule has 1 aromatic carbocycles. The number of aryl methyl sites for hydroxylation is 2. The van der Waals surface area contributed by atoms with Gasteiger partial charge in [-0.05, 0) is 18.4 Å². The van der Waals surface area contributed by atoms with Crippen molar-refractivity contribution in [3.63, 3.8) is 0 Å². The number of nitrogens with zero attached hydrogens (tertiary/aromatic N) is 4. The van der Waals surface area contributed by atoms with Gasteiger partial charge in [0.2, 0.25) is 5.82 Å². The van der Waals surface area contributed by atoms with Gasteiger partial charge in [0.05, 0.1) is 5.69 Å². The van der Waals surface area contributed by atoms with Gasteiger partial charge in [-0.3, -0.25) is 4.68 Å². The average molecular weight is 375 g/mol. The lowest BCUT2D eigenvalue weighted by atomic mass is 10.0. The summed E-state index contributed by atoms with van der Waals surface area (Å²) in [6, 6.07) is 7.94. The lowest BCUT2D eigenvalue weighted by molar-refractivity contribution is 0.0429. The maximum absolute atomic E-state index is 12.2. The van der Waals surface area contributed by atoms with Crippen LogP contribution in [0.4, 0.5) is 0 Å². The molecule has 2 aromatic heterocycles. The highest BCUT2D eigenvalue weighted by molar-refractivity contribution is 6.32. The van der Waals surface area contributed by atoms with Gasteiger partial charge in [-0.25, -0.2) is 4.79 Å². The van der Waals surface area contributed by atoms with Gasteiger partial charge in [-0.1, -0.05) is 54.9 Å². The highest BCUT2D eigenvalue weighted by Crippen LogP contribution is 2.22. The molecule has 0 saturated heterocycles. The first kappa shape index (κ1) is 18.1. The molecule has 0 saturated carbocycles. The standard InChI is InChI=1S/C18H19ClN4O3/c1-10(2)12-5-7-13(8-6-12)17-20-14(26-22-17)9-25-18(24)15-11(3)21-23(4)16(15)19/h5-8,10H,9H2,1-4H3. The van der Waals surface area contributed by atoms with E-state index in [9.17, 15) is 4.79 Å². The van der Waals surface area contributed by atoms with Gasteiger partial charge in [-0.15, -0.1) is 0 Å². The van der Waals surface area contributed by atoms with Crippen molar-refractivity contribution in [2.24, 2.45) is 7.05 Å². The topological polar surface area (TPSA) is 83.0 Å². The van der Waals surface area contributed by atoms with Crippen LogP contribution in [0.15, 0.2) is 28.8 Å². The summed E-state index contributed by atoms with van der Waals surface area (Å²) >= 11 is 6.06. The lowest BCUT2D eigenvalue weighted by Gasteiger charge is -2.04. The van der Waals surface area contributed by atoms with E-state index < -0.39 is 5.97 Å². The van der Waals surface area contributed by atoms with E-state index in [2.05, 4.69) is 29.1 Å². The minimum atomic E-state index is -0.582. The number of halogens is 1. The first-order valence-electron chi connectivity index (χ1n) is 8.16. The zero-order chi connectivity index (χ0) is 18.8. The number of hydrogen-bond acceptors (Lipinski definition) is 6. The summed E-state index contributed by atoms with van der Waals surface area (Å²) in [4.78, 5) is 16.5. The summed E-state index contributed by atoms with van der Waals surface area (Å²) in [6.07, 6.45) is 0. The van der Waals surface area contributed by atoms with Crippen molar-refractivity contribution >= 4 is 17.6 Å². The van der Waals surface area contributed by atoms with Crippen LogP contribution in [0.25, 0.3) is 11.4 Å². The number of rotatable bonds is 5. The van der Waals surface area contributed by atoms with Crippen LogP contribution in [0.2, 0.25) is 5.15 Å². The quantitative estimate of drug-likeness (QED) is 0.629. The van der Waals surface area contributed by atoms with Gasteiger partial charge in [0.15, 0.2) is 6.61 Å². The number of benzene rings is 1. The van der Waals surface area contributed by atoms with E-state index in [0.717, 1.165) is 5.56 Å². The molecule has 0 aliphatic carbocycles. The van der Waals surface area contributed by atoms with Crippen LogP contribution in [0.1, 0.15) is 47.3 Å². The van der Waals surface area contributed by atoms with Gasteiger partial charge in [-0.2, -0.15) is 10.1 Å². The predicted octanol–water partition coefficient (Wildman–Crippen LogP) is 3.91. The van der Waals surface area contributed by atoms with Gasteiger partial charge in [0.25, 0.3) is 5.89 Å². The normalized spacial score (nSPS) is 11.2. The average Bonchev–Trinajstić information content (AvgIpc) is 3.18. The largest absolute Gasteiger partial charge is 0.452 e. The number of aromatic nitrogens is 4. The molecule has 0 atom stereocenters. The predicted molar refractivity (Wildman–Crippen MR) is 95.9 cm³/mol. The Morgan fingerprint density at radius 2 is 2.00 bits per heavy atom. The maximum atomic E-state index is 12.2. The Morgan fingerprint density at radius 3 is 2.58 bits per heavy atom. The van der Waals surface area contributed by atoms with Gasteiger partial charge in [0, 0.05) is 12.6 Å². The van der Waals surface area contributed by atoms with E-state index in [1.165, 1.54) is 10.2 Å². The Balaban J connectivity index is 1.68. The van der Waals surface area contributed by atoms with E-state index in [1.807, 2.05) is 24.3 Å². The Morgan fingerprint density at radius 1 is 1.31 bits per heavy atom. The molecule has 0 amide bonds. The van der Waals surface area contributed by atoms with Crippen molar-refractivity contribution in [3.05, 3.63) is 52.1 Å². The van der Waals surface area contributed by atoms with Gasteiger partial charge >= 0.3 is 5.97 Å². The molecule has 7 nitrogen and oxygen atoms in total. The maximum Gasteiger partial charge on any atom is 0.343 e. The SMILES string of the molecule is Cc1nn(C)c(Cl)c1C(=O)OCc1nc(-c2ccc(C(C)C)cc2)no1. The minimum Gasteiger partial charge on any atom is -0.452 e. The number of ether oxygens (including phenoxy) is 1. The molecule has 136 valence electrons. The van der Waals surface area contributed by atoms with Gasteiger partial charge in [0.1, 0.15) is 10.7 Å². The molecule has 0 bridgehead atoms. The highest BCUT2D eigenvalue weighted by atomic mass is 35.5. The van der Waals surface area contributed by atoms with E-state index in [1.54, 1.807) is 14.0 Å². The third-order valence-corrected chi connectivity index (χ3v) is 4.42. The lowest BCUT2D eigenvalue weighted by Crippen LogP contribution is -2.07. The summed E-state index contributed by atoms with van der Waals surface area (Å²) < 4.78 is 11.8. The van der Waals surface area contributed by atoms with E-state index >= 15 is 0 Å². The third kappa shape index (κ3) is 3.62. The summed E-state index contributed by atoms with van der Waals surface area (Å²) in [5.74, 6) is 0.523. The first-order chi connectivity index (χ1) is 12.4. The molecule has 8 heteroatoms. The fraction of sp³-hybridized carbons (Fsp3) is 0.333. The van der Waals surface area contributed by atoms with E-state index in [0.29, 0.717) is 17.4 Å². The fourth-order valence-corrected chi connectivity index (χ4v) is 2.76. The summed E-state index contributed by atoms with van der Waals surface area (Å²) in [6.45, 7) is 5.81. The van der Waals surface area contributed by atoms with Crippen LogP contribution in [0, 0.1) is 6.92 Å². The number of esters is 1. The van der Waals surface area contributed by atoms with Gasteiger partial charge < -0.3 is 9.26 Å². The smallest absolute Gasteiger partial charge is 0.343 e. The van der Waals surface area contributed by atoms with Crippen molar-refractivity contribution < 1.29 is 14.1 Å². The summed E-state index contributed by atoms with van der Waals surface area (Å²) in [7, 11) is 1.65. The van der Waals surface area contributed by atoms with Crippen molar-refractivity contribution in [2.75, 3.05) is 0 Å². The molecule has 3 aromatic rings. The summed E-state index contributed by atoms with van der Waals surface area (Å²) in [5, 5.41) is 8.24. The van der Waals surface area contributed by atoms with Crippen molar-refractivity contribution in [1.82, 2.24) is 19.9 Å². The molecule has 0 spiro atoms. The van der Waals surface area contributed by atoms with Crippen LogP contribution >= 0.6 is 11.6 Å². The monoisotopic (exact) mass is 374 g/mol. The molecule has 0 N–H and O–H groups in total. The zero-order valence-corrected chi connectivity index (χ0v) is 15.7. The molecule has 0 unspecified atom stereocenters. The second-order valence-electron chi connectivity index (χ2n) is 6.24. The molecular formula is C18H19ClN4O3. The van der Waals surface area contributed by atoms with Crippen LogP contribution < -0.4 is 0 Å². The molecule has 0 aliphatic heterocycles. The van der Waals surface area contributed by atoms with Crippen LogP contribution in [0.5, 0.6) is 0 Å². The highest BCUT2D eigenvalue weighted by Gasteiger charge is 2.21. The van der Waals surface area contributed by atoms with Crippen molar-refractivity contribution in [1.29, 1.82) is 0 Å². The molecule has 3 rings (SSSR count). The first-order valence-corrected chi connectivity index (χ1v) is 8.53. The molecule has 26 heavy (non-hydrogen) atoms. The van der Waals surface area contributed by atoms with Crippen molar-refractivity contribution in [3.8, 4) is 11.4 Å². The Bertz CT molecular complexity index is 929. The Labute approximate surface area is 155 Å². The van der Waals surface area contributed by atoms with Crippen molar-refractivity contribution in [2.45, 2.75) is 33.3 Å². The zero-order valence-electron chi connectivity index (χ0n) is 15.0. The van der Waals surface area contributed by atoms with E-state index in [-0.39, 0.29) is 23.2 Å². The second-order valence-corrected chi connectivity index (χ2v) is 6.60.